The van der Waals surface area contributed by atoms with Crippen molar-refractivity contribution in [1.82, 2.24) is 5.32 Å². The molecule has 0 aliphatic heterocycles. The molecule has 0 aromatic carbocycles. The molecule has 0 radical (unpaired) electrons. The zero-order valence-electron chi connectivity index (χ0n) is 9.91. The number of aliphatic hydroxyl groups is 1. The van der Waals surface area contributed by atoms with Crippen LogP contribution in [0.15, 0.2) is 0 Å². The molecule has 1 amide bonds. The number of alkyl halides is 3. The second kappa shape index (κ2) is 5.42. The number of alkyl carbamates (subject to hydrolysis) is 1. The first kappa shape index (κ1) is 16.5. The van der Waals surface area contributed by atoms with Crippen molar-refractivity contribution in [3.05, 3.63) is 0 Å². The van der Waals surface area contributed by atoms with E-state index in [0.29, 0.717) is 0 Å². The minimum absolute atomic E-state index is 1.00. The molecule has 0 fully saturated rings. The average Bonchev–Trinajstić information content (AvgIpc) is 2.08. The van der Waals surface area contributed by atoms with Crippen molar-refractivity contribution in [3.63, 3.8) is 0 Å². The van der Waals surface area contributed by atoms with Crippen molar-refractivity contribution in [2.45, 2.75) is 44.7 Å². The molecule has 0 saturated heterocycles. The molecule has 9 heteroatoms. The van der Waals surface area contributed by atoms with Crippen molar-refractivity contribution in [3.8, 4) is 0 Å². The Morgan fingerprint density at radius 3 is 1.94 bits per heavy atom. The summed E-state index contributed by atoms with van der Waals surface area (Å²) in [5.41, 5.74) is -1.00. The van der Waals surface area contributed by atoms with Gasteiger partial charge in [-0.1, -0.05) is 0 Å². The molecule has 0 aliphatic carbocycles. The van der Waals surface area contributed by atoms with E-state index in [9.17, 15) is 22.8 Å². The third-order valence-corrected chi connectivity index (χ3v) is 1.59. The smallest absolute Gasteiger partial charge is 0.416 e. The Kier molecular flexibility index (Phi) is 4.97. The first-order valence-corrected chi connectivity index (χ1v) is 4.81. The summed E-state index contributed by atoms with van der Waals surface area (Å²) in [6.07, 6.45) is -9.75. The van der Waals surface area contributed by atoms with Gasteiger partial charge in [0.05, 0.1) is 0 Å². The molecule has 3 N–H and O–H groups in total. The van der Waals surface area contributed by atoms with Crippen LogP contribution in [0.1, 0.15) is 20.8 Å². The van der Waals surface area contributed by atoms with Crippen LogP contribution in [0.5, 0.6) is 0 Å². The van der Waals surface area contributed by atoms with Gasteiger partial charge in [-0.15, -0.1) is 0 Å². The summed E-state index contributed by atoms with van der Waals surface area (Å²) in [4.78, 5) is 21.7. The van der Waals surface area contributed by atoms with Gasteiger partial charge >= 0.3 is 18.2 Å². The maximum Gasteiger partial charge on any atom is 0.416 e. The van der Waals surface area contributed by atoms with Crippen molar-refractivity contribution >= 4 is 12.1 Å². The Balaban J connectivity index is 4.76. The number of amides is 1. The van der Waals surface area contributed by atoms with Crippen molar-refractivity contribution in [2.75, 3.05) is 0 Å². The summed E-state index contributed by atoms with van der Waals surface area (Å²) in [5.74, 6) is -2.02. The van der Waals surface area contributed by atoms with Crippen LogP contribution in [0, 0.1) is 0 Å². The molecule has 0 saturated carbocycles. The predicted molar refractivity (Wildman–Crippen MR) is 52.9 cm³/mol. The summed E-state index contributed by atoms with van der Waals surface area (Å²) in [6.45, 7) is 4.34. The number of hydrogen-bond acceptors (Lipinski definition) is 4. The van der Waals surface area contributed by atoms with Gasteiger partial charge < -0.3 is 20.3 Å². The highest BCUT2D eigenvalue weighted by atomic mass is 19.4. The standard InChI is InChI=1S/C9H14F3NO5/c1-8(2,3)18-7(17)13-4(6(15)16)5(14)9(10,11)12/h4-5,14H,1-3H3,(H,13,17)(H,15,16). The highest BCUT2D eigenvalue weighted by Gasteiger charge is 2.47. The van der Waals surface area contributed by atoms with E-state index in [1.807, 2.05) is 0 Å². The molecule has 18 heavy (non-hydrogen) atoms. The Morgan fingerprint density at radius 2 is 1.67 bits per heavy atom. The van der Waals surface area contributed by atoms with Crippen LogP contribution in [0.2, 0.25) is 0 Å². The number of nitrogens with one attached hydrogen (secondary N) is 1. The lowest BCUT2D eigenvalue weighted by Gasteiger charge is -2.25. The highest BCUT2D eigenvalue weighted by Crippen LogP contribution is 2.22. The van der Waals surface area contributed by atoms with Gasteiger partial charge in [0.2, 0.25) is 0 Å². The fourth-order valence-electron chi connectivity index (χ4n) is 0.899. The SMILES string of the molecule is CC(C)(C)OC(=O)NC(C(=O)O)C(O)C(F)(F)F. The fourth-order valence-corrected chi connectivity index (χ4v) is 0.899. The normalized spacial score (nSPS) is 15.7. The van der Waals surface area contributed by atoms with Gasteiger partial charge in [0, 0.05) is 0 Å². The Morgan fingerprint density at radius 1 is 1.22 bits per heavy atom. The summed E-state index contributed by atoms with van der Waals surface area (Å²) in [7, 11) is 0. The van der Waals surface area contributed by atoms with Gasteiger partial charge in [-0.3, -0.25) is 0 Å². The molecule has 0 aromatic heterocycles. The molecule has 0 bridgehead atoms. The van der Waals surface area contributed by atoms with Crippen molar-refractivity contribution < 1.29 is 37.7 Å². The monoisotopic (exact) mass is 273 g/mol. The second-order valence-corrected chi connectivity index (χ2v) is 4.45. The van der Waals surface area contributed by atoms with E-state index in [2.05, 4.69) is 4.74 Å². The summed E-state index contributed by atoms with van der Waals surface area (Å²) in [5, 5.41) is 18.8. The van der Waals surface area contributed by atoms with Crippen LogP contribution >= 0.6 is 0 Å². The number of aliphatic hydroxyl groups excluding tert-OH is 1. The van der Waals surface area contributed by atoms with E-state index in [4.69, 9.17) is 10.2 Å². The molecule has 106 valence electrons. The van der Waals surface area contributed by atoms with Crippen molar-refractivity contribution in [1.29, 1.82) is 0 Å². The number of halogens is 3. The molecular weight excluding hydrogens is 259 g/mol. The first-order chi connectivity index (χ1) is 7.84. The number of carbonyl (C=O) groups excluding carboxylic acids is 1. The summed E-state index contributed by atoms with van der Waals surface area (Å²) >= 11 is 0. The molecule has 2 atom stereocenters. The van der Waals surface area contributed by atoms with Gasteiger partial charge in [0.1, 0.15) is 5.60 Å². The van der Waals surface area contributed by atoms with E-state index in [0.717, 1.165) is 0 Å². The van der Waals surface area contributed by atoms with E-state index in [-0.39, 0.29) is 0 Å². The van der Waals surface area contributed by atoms with Crippen LogP contribution in [0.4, 0.5) is 18.0 Å². The molecule has 2 unspecified atom stereocenters. The second-order valence-electron chi connectivity index (χ2n) is 4.45. The topological polar surface area (TPSA) is 95.9 Å². The van der Waals surface area contributed by atoms with Crippen LogP contribution in [-0.4, -0.2) is 46.2 Å². The molecule has 0 rings (SSSR count). The molecule has 0 aliphatic rings. The van der Waals surface area contributed by atoms with Gasteiger partial charge in [0.25, 0.3) is 0 Å². The maximum absolute atomic E-state index is 12.1. The van der Waals surface area contributed by atoms with Gasteiger partial charge in [-0.05, 0) is 20.8 Å². The largest absolute Gasteiger partial charge is 0.480 e. The molecule has 6 nitrogen and oxygen atoms in total. The van der Waals surface area contributed by atoms with Gasteiger partial charge in [-0.2, -0.15) is 13.2 Å². The summed E-state index contributed by atoms with van der Waals surface area (Å²) in [6, 6.07) is -2.53. The molecule has 0 spiro atoms. The zero-order chi connectivity index (χ0) is 14.7. The third kappa shape index (κ3) is 5.71. The Labute approximate surface area is 101 Å². The number of rotatable bonds is 3. The third-order valence-electron chi connectivity index (χ3n) is 1.59. The quantitative estimate of drug-likeness (QED) is 0.709. The number of carbonyl (C=O) groups is 2. The van der Waals surface area contributed by atoms with E-state index in [1.54, 1.807) is 0 Å². The average molecular weight is 273 g/mol. The van der Waals surface area contributed by atoms with Crippen LogP contribution < -0.4 is 5.32 Å². The lowest BCUT2D eigenvalue weighted by Crippen LogP contribution is -2.55. The van der Waals surface area contributed by atoms with E-state index < -0.39 is 36.0 Å². The van der Waals surface area contributed by atoms with E-state index in [1.165, 1.54) is 26.1 Å². The number of aliphatic carboxylic acids is 1. The Hall–Kier alpha value is -1.51. The minimum atomic E-state index is -5.17. The zero-order valence-corrected chi connectivity index (χ0v) is 9.91. The summed E-state index contributed by atoms with van der Waals surface area (Å²) < 4.78 is 41.0. The number of carboxylic acid groups (broad SMARTS) is 1. The van der Waals surface area contributed by atoms with Gasteiger partial charge in [0.15, 0.2) is 12.1 Å². The highest BCUT2D eigenvalue weighted by molar-refractivity contribution is 5.80. The van der Waals surface area contributed by atoms with E-state index >= 15 is 0 Å². The number of hydrogen-bond donors (Lipinski definition) is 3. The van der Waals surface area contributed by atoms with Crippen molar-refractivity contribution in [2.24, 2.45) is 0 Å². The van der Waals surface area contributed by atoms with Crippen LogP contribution in [0.3, 0.4) is 0 Å². The van der Waals surface area contributed by atoms with Crippen LogP contribution in [-0.2, 0) is 9.53 Å². The lowest BCUT2D eigenvalue weighted by atomic mass is 10.1. The fraction of sp³-hybridized carbons (Fsp3) is 0.778. The van der Waals surface area contributed by atoms with Gasteiger partial charge in [-0.25, -0.2) is 9.59 Å². The minimum Gasteiger partial charge on any atom is -0.480 e. The lowest BCUT2D eigenvalue weighted by molar-refractivity contribution is -0.215. The maximum atomic E-state index is 12.1. The predicted octanol–water partition coefficient (Wildman–Crippen LogP) is 0.887. The molecule has 0 heterocycles. The molecular formula is C9H14F3NO5. The first-order valence-electron chi connectivity index (χ1n) is 4.81. The number of carboxylic acids is 1. The Bertz CT molecular complexity index is 323. The number of ether oxygens (including phenoxy) is 1. The van der Waals surface area contributed by atoms with Crippen LogP contribution in [0.25, 0.3) is 0 Å². The molecule has 0 aromatic rings.